The third kappa shape index (κ3) is 2.72. The number of ether oxygens (including phenoxy) is 1. The molecule has 88 valence electrons. The highest BCUT2D eigenvalue weighted by atomic mass is 16.5. The van der Waals surface area contributed by atoms with Crippen molar-refractivity contribution >= 4 is 0 Å². The first-order valence-corrected chi connectivity index (χ1v) is 5.37. The number of nitrogens with one attached hydrogen (secondary N) is 1. The predicted octanol–water partition coefficient (Wildman–Crippen LogP) is 1.68. The average molecular weight is 230 g/mol. The summed E-state index contributed by atoms with van der Waals surface area (Å²) in [5, 5.41) is 6.36. The Hall–Kier alpha value is -2.10. The molecular formula is C13H14N2O2. The highest BCUT2D eigenvalue weighted by molar-refractivity contribution is 5.31. The minimum atomic E-state index is -0.167. The molecule has 2 aromatic rings. The van der Waals surface area contributed by atoms with Crippen molar-refractivity contribution in [3.63, 3.8) is 0 Å². The van der Waals surface area contributed by atoms with Gasteiger partial charge >= 0.3 is 0 Å². The zero-order valence-electron chi connectivity index (χ0n) is 9.86. The Morgan fingerprint density at radius 3 is 2.65 bits per heavy atom. The van der Waals surface area contributed by atoms with E-state index in [0.717, 1.165) is 22.6 Å². The molecule has 1 aromatic carbocycles. The second-order valence-corrected chi connectivity index (χ2v) is 3.87. The number of aromatic nitrogens is 2. The summed E-state index contributed by atoms with van der Waals surface area (Å²) in [7, 11) is 1.64. The third-order valence-corrected chi connectivity index (χ3v) is 2.66. The van der Waals surface area contributed by atoms with E-state index in [9.17, 15) is 4.79 Å². The van der Waals surface area contributed by atoms with Crippen LogP contribution in [-0.4, -0.2) is 17.3 Å². The van der Waals surface area contributed by atoms with Gasteiger partial charge in [-0.3, -0.25) is 4.79 Å². The summed E-state index contributed by atoms with van der Waals surface area (Å²) in [6.07, 6.45) is 0.701. The number of hydrogen-bond donors (Lipinski definition) is 1. The van der Waals surface area contributed by atoms with Crippen LogP contribution in [0.1, 0.15) is 16.8 Å². The molecule has 0 bridgehead atoms. The van der Waals surface area contributed by atoms with E-state index in [1.165, 1.54) is 0 Å². The topological polar surface area (TPSA) is 55.0 Å². The molecule has 1 aromatic heterocycles. The van der Waals surface area contributed by atoms with Crippen LogP contribution in [0.15, 0.2) is 35.1 Å². The van der Waals surface area contributed by atoms with Crippen LogP contribution in [-0.2, 0) is 6.42 Å². The quantitative estimate of drug-likeness (QED) is 0.872. The van der Waals surface area contributed by atoms with Crippen molar-refractivity contribution in [1.82, 2.24) is 10.2 Å². The van der Waals surface area contributed by atoms with Crippen LogP contribution in [0.25, 0.3) is 0 Å². The molecule has 0 atom stereocenters. The minimum Gasteiger partial charge on any atom is -0.497 e. The summed E-state index contributed by atoms with van der Waals surface area (Å²) in [5.74, 6) is 0.828. The normalized spacial score (nSPS) is 10.2. The molecule has 2 rings (SSSR count). The van der Waals surface area contributed by atoms with Crippen LogP contribution < -0.4 is 10.3 Å². The van der Waals surface area contributed by atoms with Crippen LogP contribution in [0.4, 0.5) is 0 Å². The maximum atomic E-state index is 11.2. The Labute approximate surface area is 99.3 Å². The third-order valence-electron chi connectivity index (χ3n) is 2.66. The lowest BCUT2D eigenvalue weighted by atomic mass is 10.0. The summed E-state index contributed by atoms with van der Waals surface area (Å²) < 4.78 is 5.09. The lowest BCUT2D eigenvalue weighted by Crippen LogP contribution is -2.10. The smallest absolute Gasteiger partial charge is 0.264 e. The Kier molecular flexibility index (Phi) is 3.23. The Morgan fingerprint density at radius 2 is 2.00 bits per heavy atom. The second-order valence-electron chi connectivity index (χ2n) is 3.87. The fourth-order valence-electron chi connectivity index (χ4n) is 1.65. The van der Waals surface area contributed by atoms with Crippen molar-refractivity contribution in [2.45, 2.75) is 13.3 Å². The molecule has 0 aliphatic rings. The van der Waals surface area contributed by atoms with E-state index >= 15 is 0 Å². The Balaban J connectivity index is 2.24. The van der Waals surface area contributed by atoms with Crippen LogP contribution in [0.2, 0.25) is 0 Å². The number of hydrogen-bond acceptors (Lipinski definition) is 3. The van der Waals surface area contributed by atoms with Crippen molar-refractivity contribution in [2.75, 3.05) is 7.11 Å². The van der Waals surface area contributed by atoms with E-state index in [1.807, 2.05) is 31.2 Å². The first-order chi connectivity index (χ1) is 8.19. The molecule has 4 heteroatoms. The van der Waals surface area contributed by atoms with Crippen molar-refractivity contribution in [3.8, 4) is 5.75 Å². The summed E-state index contributed by atoms with van der Waals surface area (Å²) in [5.41, 5.74) is 2.75. The Morgan fingerprint density at radius 1 is 1.29 bits per heavy atom. The maximum Gasteiger partial charge on any atom is 0.264 e. The fourth-order valence-corrected chi connectivity index (χ4v) is 1.65. The van der Waals surface area contributed by atoms with Gasteiger partial charge in [0, 0.05) is 6.07 Å². The largest absolute Gasteiger partial charge is 0.497 e. The molecule has 0 saturated heterocycles. The van der Waals surface area contributed by atoms with Crippen molar-refractivity contribution in [3.05, 3.63) is 57.5 Å². The lowest BCUT2D eigenvalue weighted by molar-refractivity contribution is 0.414. The summed E-state index contributed by atoms with van der Waals surface area (Å²) in [4.78, 5) is 11.2. The van der Waals surface area contributed by atoms with Crippen LogP contribution in [0.3, 0.4) is 0 Å². The van der Waals surface area contributed by atoms with Gasteiger partial charge in [0.1, 0.15) is 5.75 Å². The van der Waals surface area contributed by atoms with E-state index in [2.05, 4.69) is 10.2 Å². The first-order valence-electron chi connectivity index (χ1n) is 5.37. The second kappa shape index (κ2) is 4.82. The van der Waals surface area contributed by atoms with Gasteiger partial charge in [0.25, 0.3) is 5.56 Å². The van der Waals surface area contributed by atoms with Gasteiger partial charge in [-0.05, 0) is 36.6 Å². The maximum absolute atomic E-state index is 11.2. The zero-order valence-corrected chi connectivity index (χ0v) is 9.86. The summed E-state index contributed by atoms with van der Waals surface area (Å²) in [6.45, 7) is 1.88. The molecule has 0 unspecified atom stereocenters. The highest BCUT2D eigenvalue weighted by Crippen LogP contribution is 2.15. The van der Waals surface area contributed by atoms with Crippen LogP contribution in [0, 0.1) is 6.92 Å². The number of nitrogens with zero attached hydrogens (tertiary/aromatic N) is 1. The molecule has 0 fully saturated rings. The molecule has 1 heterocycles. The number of aryl methyl sites for hydroxylation is 1. The van der Waals surface area contributed by atoms with E-state index in [-0.39, 0.29) is 5.56 Å². The molecule has 0 aliphatic carbocycles. The van der Waals surface area contributed by atoms with Gasteiger partial charge < -0.3 is 4.74 Å². The molecule has 17 heavy (non-hydrogen) atoms. The Bertz CT molecular complexity index is 558. The van der Waals surface area contributed by atoms with E-state index in [4.69, 9.17) is 4.74 Å². The van der Waals surface area contributed by atoms with Gasteiger partial charge in [-0.15, -0.1) is 0 Å². The lowest BCUT2D eigenvalue weighted by Gasteiger charge is -2.05. The predicted molar refractivity (Wildman–Crippen MR) is 65.4 cm³/mol. The van der Waals surface area contributed by atoms with Gasteiger partial charge in [-0.2, -0.15) is 5.10 Å². The van der Waals surface area contributed by atoms with Crippen molar-refractivity contribution in [1.29, 1.82) is 0 Å². The number of benzene rings is 1. The van der Waals surface area contributed by atoms with Gasteiger partial charge in [-0.25, -0.2) is 5.10 Å². The van der Waals surface area contributed by atoms with Crippen molar-refractivity contribution in [2.24, 2.45) is 0 Å². The summed E-state index contributed by atoms with van der Waals surface area (Å²) >= 11 is 0. The first kappa shape index (κ1) is 11.4. The van der Waals surface area contributed by atoms with E-state index in [0.29, 0.717) is 6.42 Å². The van der Waals surface area contributed by atoms with Crippen LogP contribution >= 0.6 is 0 Å². The standard InChI is InChI=1S/C13H14N2O2/c1-9-11(8-13(16)15-14-9)7-10-3-5-12(17-2)6-4-10/h3-6,8H,7H2,1-2H3,(H,15,16). The number of methoxy groups -OCH3 is 1. The molecule has 1 N–H and O–H groups in total. The van der Waals surface area contributed by atoms with Gasteiger partial charge in [0.05, 0.1) is 12.8 Å². The molecule has 0 amide bonds. The van der Waals surface area contributed by atoms with E-state index in [1.54, 1.807) is 13.2 Å². The molecule has 0 spiro atoms. The molecule has 0 saturated carbocycles. The highest BCUT2D eigenvalue weighted by Gasteiger charge is 2.02. The number of aromatic amines is 1. The fraction of sp³-hybridized carbons (Fsp3) is 0.231. The molecule has 0 aliphatic heterocycles. The van der Waals surface area contributed by atoms with Crippen molar-refractivity contribution < 1.29 is 4.74 Å². The van der Waals surface area contributed by atoms with Gasteiger partial charge in [0.15, 0.2) is 0 Å². The van der Waals surface area contributed by atoms with E-state index < -0.39 is 0 Å². The van der Waals surface area contributed by atoms with Gasteiger partial charge in [-0.1, -0.05) is 12.1 Å². The summed E-state index contributed by atoms with van der Waals surface area (Å²) in [6, 6.07) is 9.38. The minimum absolute atomic E-state index is 0.167. The number of rotatable bonds is 3. The zero-order chi connectivity index (χ0) is 12.3. The number of H-pyrrole nitrogens is 1. The molecule has 0 radical (unpaired) electrons. The van der Waals surface area contributed by atoms with Crippen LogP contribution in [0.5, 0.6) is 5.75 Å². The van der Waals surface area contributed by atoms with Gasteiger partial charge in [0.2, 0.25) is 0 Å². The average Bonchev–Trinajstić information content (AvgIpc) is 2.35. The SMILES string of the molecule is COc1ccc(Cc2cc(=O)[nH]nc2C)cc1. The monoisotopic (exact) mass is 230 g/mol. The molecular weight excluding hydrogens is 216 g/mol. The molecule has 4 nitrogen and oxygen atoms in total.